The first-order valence-electron chi connectivity index (χ1n) is 8.79. The monoisotopic (exact) mass is 368 g/mol. The normalized spacial score (nSPS) is 17.1. The fourth-order valence-corrected chi connectivity index (χ4v) is 4.26. The number of nitrogens with zero attached hydrogens (tertiary/aromatic N) is 4. The van der Waals surface area contributed by atoms with E-state index in [4.69, 9.17) is 0 Å². The third kappa shape index (κ3) is 3.14. The van der Waals surface area contributed by atoms with Gasteiger partial charge in [-0.05, 0) is 43.3 Å². The molecular weight excluding hydrogens is 348 g/mol. The largest absolute Gasteiger partial charge is 0.334 e. The van der Waals surface area contributed by atoms with Gasteiger partial charge in [0.05, 0.1) is 23.4 Å². The minimum Gasteiger partial charge on any atom is -0.334 e. The summed E-state index contributed by atoms with van der Waals surface area (Å²) in [4.78, 5) is 36.7. The van der Waals surface area contributed by atoms with Crippen LogP contribution in [0.25, 0.3) is 10.2 Å². The number of carbonyl (C=O) groups is 1. The molecule has 1 amide bonds. The van der Waals surface area contributed by atoms with Crippen molar-refractivity contribution in [3.05, 3.63) is 57.7 Å². The Hall–Kier alpha value is -2.54. The zero-order valence-corrected chi connectivity index (χ0v) is 15.4. The molecule has 0 spiro atoms. The van der Waals surface area contributed by atoms with E-state index >= 15 is 0 Å². The van der Waals surface area contributed by atoms with E-state index < -0.39 is 0 Å². The number of aryl methyl sites for hydroxylation is 2. The molecule has 3 aromatic heterocycles. The lowest BCUT2D eigenvalue weighted by Gasteiger charge is -2.24. The maximum atomic E-state index is 12.8. The Kier molecular flexibility index (Phi) is 4.55. The molecule has 6 nitrogen and oxygen atoms in total. The van der Waals surface area contributed by atoms with Crippen LogP contribution in [0.4, 0.5) is 0 Å². The van der Waals surface area contributed by atoms with Gasteiger partial charge in [0.2, 0.25) is 5.91 Å². The van der Waals surface area contributed by atoms with E-state index in [0.717, 1.165) is 35.6 Å². The van der Waals surface area contributed by atoms with E-state index in [1.807, 2.05) is 35.4 Å². The van der Waals surface area contributed by atoms with Crippen LogP contribution in [0.15, 0.2) is 40.8 Å². The first-order chi connectivity index (χ1) is 12.6. The van der Waals surface area contributed by atoms with Crippen LogP contribution in [0.1, 0.15) is 36.7 Å². The lowest BCUT2D eigenvalue weighted by Crippen LogP contribution is -2.32. The Labute approximate surface area is 155 Å². The summed E-state index contributed by atoms with van der Waals surface area (Å²) in [6, 6.07) is 7.76. The summed E-state index contributed by atoms with van der Waals surface area (Å²) < 4.78 is 1.53. The number of pyridine rings is 1. The van der Waals surface area contributed by atoms with Crippen molar-refractivity contribution in [2.75, 3.05) is 6.54 Å². The Morgan fingerprint density at radius 2 is 2.23 bits per heavy atom. The molecule has 0 N–H and O–H groups in total. The molecule has 0 aliphatic carbocycles. The van der Waals surface area contributed by atoms with Gasteiger partial charge >= 0.3 is 0 Å². The van der Waals surface area contributed by atoms with Gasteiger partial charge in [0.1, 0.15) is 4.83 Å². The van der Waals surface area contributed by atoms with Gasteiger partial charge in [-0.15, -0.1) is 11.3 Å². The highest BCUT2D eigenvalue weighted by Crippen LogP contribution is 2.31. The van der Waals surface area contributed by atoms with Crippen LogP contribution in [-0.4, -0.2) is 31.9 Å². The Morgan fingerprint density at radius 1 is 1.35 bits per heavy atom. The first-order valence-corrected chi connectivity index (χ1v) is 9.67. The summed E-state index contributed by atoms with van der Waals surface area (Å²) in [5.74, 6) is 0.0631. The van der Waals surface area contributed by atoms with Crippen molar-refractivity contribution < 1.29 is 4.79 Å². The number of likely N-dealkylation sites (tertiary alicyclic amines) is 1. The van der Waals surface area contributed by atoms with Gasteiger partial charge in [-0.25, -0.2) is 4.98 Å². The average Bonchev–Trinajstić information content (AvgIpc) is 3.30. The maximum absolute atomic E-state index is 12.8. The minimum absolute atomic E-state index is 0.0385. The Balaban J connectivity index is 1.48. The van der Waals surface area contributed by atoms with Gasteiger partial charge in [-0.1, -0.05) is 6.07 Å². The van der Waals surface area contributed by atoms with Crippen LogP contribution in [-0.2, 0) is 11.3 Å². The van der Waals surface area contributed by atoms with Crippen molar-refractivity contribution in [3.63, 3.8) is 0 Å². The number of amides is 1. The molecular formula is C19H20N4O2S. The highest BCUT2D eigenvalue weighted by atomic mass is 32.1. The lowest BCUT2D eigenvalue weighted by atomic mass is 10.1. The van der Waals surface area contributed by atoms with Gasteiger partial charge in [-0.2, -0.15) is 0 Å². The molecule has 0 bridgehead atoms. The average molecular weight is 368 g/mol. The summed E-state index contributed by atoms with van der Waals surface area (Å²) >= 11 is 1.45. The Morgan fingerprint density at radius 3 is 3.08 bits per heavy atom. The highest BCUT2D eigenvalue weighted by molar-refractivity contribution is 7.16. The fourth-order valence-electron chi connectivity index (χ4n) is 3.53. The molecule has 1 saturated heterocycles. The summed E-state index contributed by atoms with van der Waals surface area (Å²) in [6.07, 6.45) is 3.75. The topological polar surface area (TPSA) is 68.1 Å². The molecule has 4 rings (SSSR count). The molecule has 1 aliphatic heterocycles. The van der Waals surface area contributed by atoms with Gasteiger partial charge in [0.15, 0.2) is 0 Å². The number of hydrogen-bond acceptors (Lipinski definition) is 5. The molecule has 0 radical (unpaired) electrons. The minimum atomic E-state index is -0.0811. The second kappa shape index (κ2) is 6.99. The van der Waals surface area contributed by atoms with Gasteiger partial charge in [-0.3, -0.25) is 19.1 Å². The molecule has 4 heterocycles. The van der Waals surface area contributed by atoms with Gasteiger partial charge in [0, 0.05) is 25.2 Å². The van der Waals surface area contributed by atoms with Crippen LogP contribution in [0.3, 0.4) is 0 Å². The van der Waals surface area contributed by atoms with E-state index in [1.54, 1.807) is 6.07 Å². The van der Waals surface area contributed by atoms with Crippen molar-refractivity contribution >= 4 is 27.5 Å². The number of fused-ring (bicyclic) bond motifs is 1. The lowest BCUT2D eigenvalue weighted by molar-refractivity contribution is -0.132. The van der Waals surface area contributed by atoms with Crippen LogP contribution < -0.4 is 5.56 Å². The van der Waals surface area contributed by atoms with E-state index in [2.05, 4.69) is 9.97 Å². The third-order valence-corrected chi connectivity index (χ3v) is 5.66. The molecule has 26 heavy (non-hydrogen) atoms. The van der Waals surface area contributed by atoms with Gasteiger partial charge < -0.3 is 4.90 Å². The molecule has 1 atom stereocenters. The predicted molar refractivity (Wildman–Crippen MR) is 101 cm³/mol. The summed E-state index contributed by atoms with van der Waals surface area (Å²) in [7, 11) is 0. The quantitative estimate of drug-likeness (QED) is 0.710. The Bertz CT molecular complexity index is 1010. The van der Waals surface area contributed by atoms with Crippen LogP contribution >= 0.6 is 11.3 Å². The first kappa shape index (κ1) is 16.9. The van der Waals surface area contributed by atoms with E-state index in [0.29, 0.717) is 18.4 Å². The van der Waals surface area contributed by atoms with Crippen molar-refractivity contribution in [1.82, 2.24) is 19.4 Å². The molecule has 3 aromatic rings. The maximum Gasteiger partial charge on any atom is 0.262 e. The van der Waals surface area contributed by atoms with Crippen LogP contribution in [0.2, 0.25) is 0 Å². The molecule has 1 unspecified atom stereocenters. The molecule has 0 saturated carbocycles. The van der Waals surface area contributed by atoms with Crippen molar-refractivity contribution in [2.24, 2.45) is 0 Å². The van der Waals surface area contributed by atoms with Crippen molar-refractivity contribution in [2.45, 2.75) is 38.8 Å². The van der Waals surface area contributed by atoms with Gasteiger partial charge in [0.25, 0.3) is 5.56 Å². The number of hydrogen-bond donors (Lipinski definition) is 0. The van der Waals surface area contributed by atoms with E-state index in [1.165, 1.54) is 22.2 Å². The van der Waals surface area contributed by atoms with Crippen LogP contribution in [0.5, 0.6) is 0 Å². The second-order valence-electron chi connectivity index (χ2n) is 6.58. The summed E-state index contributed by atoms with van der Waals surface area (Å²) in [5, 5.41) is 2.48. The standard InChI is InChI=1S/C19H20N4O2S/c1-13-4-2-5-15(21-13)16-6-3-9-23(16)17(24)7-10-22-12-20-18-14(19(22)25)8-11-26-18/h2,4-5,8,11-12,16H,3,6-7,9-10H2,1H3. The smallest absolute Gasteiger partial charge is 0.262 e. The van der Waals surface area contributed by atoms with E-state index in [-0.39, 0.29) is 17.5 Å². The molecule has 1 fully saturated rings. The number of thiophene rings is 1. The zero-order chi connectivity index (χ0) is 18.1. The number of aromatic nitrogens is 3. The molecule has 134 valence electrons. The van der Waals surface area contributed by atoms with Crippen molar-refractivity contribution in [1.29, 1.82) is 0 Å². The number of rotatable bonds is 4. The molecule has 1 aliphatic rings. The number of carbonyl (C=O) groups excluding carboxylic acids is 1. The summed E-state index contributed by atoms with van der Waals surface area (Å²) in [5.41, 5.74) is 1.83. The van der Waals surface area contributed by atoms with Crippen LogP contribution in [0, 0.1) is 6.92 Å². The van der Waals surface area contributed by atoms with Crippen molar-refractivity contribution in [3.8, 4) is 0 Å². The second-order valence-corrected chi connectivity index (χ2v) is 7.48. The highest BCUT2D eigenvalue weighted by Gasteiger charge is 2.30. The fraction of sp³-hybridized carbons (Fsp3) is 0.368. The zero-order valence-electron chi connectivity index (χ0n) is 14.6. The van der Waals surface area contributed by atoms with E-state index in [9.17, 15) is 9.59 Å². The predicted octanol–water partition coefficient (Wildman–Crippen LogP) is 2.92. The molecule has 0 aromatic carbocycles. The third-order valence-electron chi connectivity index (χ3n) is 4.84. The SMILES string of the molecule is Cc1cccc(C2CCCN2C(=O)CCn2cnc3sccc3c2=O)n1. The summed E-state index contributed by atoms with van der Waals surface area (Å²) in [6.45, 7) is 3.06. The molecule has 7 heteroatoms.